The molecule has 0 radical (unpaired) electrons. The van der Waals surface area contributed by atoms with Gasteiger partial charge < -0.3 is 4.90 Å². The van der Waals surface area contributed by atoms with Gasteiger partial charge in [0.25, 0.3) is 0 Å². The maximum Gasteiger partial charge on any atom is 0.224 e. The van der Waals surface area contributed by atoms with E-state index in [1.807, 2.05) is 0 Å². The Morgan fingerprint density at radius 2 is 1.89 bits per heavy atom. The molecule has 0 aliphatic carbocycles. The van der Waals surface area contributed by atoms with Gasteiger partial charge in [-0.2, -0.15) is 0 Å². The summed E-state index contributed by atoms with van der Waals surface area (Å²) in [6.45, 7) is 3.30. The van der Waals surface area contributed by atoms with Crippen molar-refractivity contribution in [2.24, 2.45) is 4.99 Å². The summed E-state index contributed by atoms with van der Waals surface area (Å²) in [5.41, 5.74) is 0. The Morgan fingerprint density at radius 1 is 1.44 bits per heavy atom. The lowest BCUT2D eigenvalue weighted by Gasteiger charge is -2.12. The van der Waals surface area contributed by atoms with Crippen molar-refractivity contribution < 1.29 is 4.79 Å². The standard InChI is InChI=1S/C6H12N2O/c1-5(7-3)8(4)6(2)9/h1-4H3/b7-5-. The molecule has 52 valence electrons. The highest BCUT2D eigenvalue weighted by Crippen LogP contribution is 1.85. The summed E-state index contributed by atoms with van der Waals surface area (Å²) < 4.78 is 0. The third-order valence-electron chi connectivity index (χ3n) is 1.28. The number of nitrogens with zero attached hydrogens (tertiary/aromatic N) is 2. The van der Waals surface area contributed by atoms with Crippen LogP contribution in [0.2, 0.25) is 0 Å². The summed E-state index contributed by atoms with van der Waals surface area (Å²) >= 11 is 0. The van der Waals surface area contributed by atoms with Crippen LogP contribution >= 0.6 is 0 Å². The highest BCUT2D eigenvalue weighted by molar-refractivity contribution is 5.95. The highest BCUT2D eigenvalue weighted by atomic mass is 16.2. The summed E-state index contributed by atoms with van der Waals surface area (Å²) in [6.07, 6.45) is 0. The van der Waals surface area contributed by atoms with E-state index in [2.05, 4.69) is 4.99 Å². The molecule has 0 bridgehead atoms. The quantitative estimate of drug-likeness (QED) is 0.345. The molecule has 0 aromatic heterocycles. The lowest BCUT2D eigenvalue weighted by atomic mass is 10.5. The first-order valence-corrected chi connectivity index (χ1v) is 2.77. The third kappa shape index (κ3) is 2.26. The first kappa shape index (κ1) is 8.14. The van der Waals surface area contributed by atoms with E-state index in [1.54, 1.807) is 21.0 Å². The molecule has 0 unspecified atom stereocenters. The normalized spacial score (nSPS) is 11.3. The minimum Gasteiger partial charge on any atom is -0.304 e. The van der Waals surface area contributed by atoms with Gasteiger partial charge in [0.15, 0.2) is 0 Å². The van der Waals surface area contributed by atoms with E-state index in [-0.39, 0.29) is 5.91 Å². The fourth-order valence-electron chi connectivity index (χ4n) is 0.378. The van der Waals surface area contributed by atoms with E-state index in [1.165, 1.54) is 11.8 Å². The molecule has 0 aliphatic rings. The second kappa shape index (κ2) is 3.22. The lowest BCUT2D eigenvalue weighted by molar-refractivity contribution is -0.124. The number of amides is 1. The molecule has 0 heterocycles. The summed E-state index contributed by atoms with van der Waals surface area (Å²) in [5.74, 6) is 0.751. The molecular formula is C6H12N2O. The number of hydrogen-bond acceptors (Lipinski definition) is 2. The van der Waals surface area contributed by atoms with Crippen LogP contribution in [0.25, 0.3) is 0 Å². The number of carbonyl (C=O) groups excluding carboxylic acids is 1. The van der Waals surface area contributed by atoms with E-state index in [9.17, 15) is 4.79 Å². The Morgan fingerprint density at radius 3 is 2.00 bits per heavy atom. The molecule has 0 saturated heterocycles. The van der Waals surface area contributed by atoms with Gasteiger partial charge in [0.05, 0.1) is 0 Å². The first-order valence-electron chi connectivity index (χ1n) is 2.77. The van der Waals surface area contributed by atoms with Gasteiger partial charge in [-0.25, -0.2) is 0 Å². The maximum absolute atomic E-state index is 10.6. The van der Waals surface area contributed by atoms with Gasteiger partial charge >= 0.3 is 0 Å². The molecule has 0 aliphatic heterocycles. The highest BCUT2D eigenvalue weighted by Gasteiger charge is 2.02. The van der Waals surface area contributed by atoms with Crippen LogP contribution in [0.1, 0.15) is 13.8 Å². The van der Waals surface area contributed by atoms with Crippen LogP contribution < -0.4 is 0 Å². The van der Waals surface area contributed by atoms with Crippen molar-refractivity contribution in [2.75, 3.05) is 14.1 Å². The van der Waals surface area contributed by atoms with Crippen molar-refractivity contribution in [1.29, 1.82) is 0 Å². The van der Waals surface area contributed by atoms with Gasteiger partial charge in [0.1, 0.15) is 5.84 Å². The molecule has 0 rings (SSSR count). The van der Waals surface area contributed by atoms with Gasteiger partial charge in [-0.05, 0) is 6.92 Å². The largest absolute Gasteiger partial charge is 0.304 e. The Hall–Kier alpha value is -0.860. The first-order chi connectivity index (χ1) is 4.09. The molecule has 3 heteroatoms. The van der Waals surface area contributed by atoms with E-state index >= 15 is 0 Å². The summed E-state index contributed by atoms with van der Waals surface area (Å²) in [4.78, 5) is 15.9. The molecule has 0 aromatic carbocycles. The second-order valence-corrected chi connectivity index (χ2v) is 1.85. The summed E-state index contributed by atoms with van der Waals surface area (Å²) in [6, 6.07) is 0. The zero-order valence-electron chi connectivity index (χ0n) is 6.30. The summed E-state index contributed by atoms with van der Waals surface area (Å²) in [7, 11) is 3.36. The zero-order valence-corrected chi connectivity index (χ0v) is 6.30. The predicted octanol–water partition coefficient (Wildman–Crippen LogP) is 0.513. The van der Waals surface area contributed by atoms with Crippen molar-refractivity contribution in [3.8, 4) is 0 Å². The van der Waals surface area contributed by atoms with Crippen molar-refractivity contribution in [1.82, 2.24) is 4.90 Å². The fraction of sp³-hybridized carbons (Fsp3) is 0.667. The molecule has 0 fully saturated rings. The molecule has 9 heavy (non-hydrogen) atoms. The van der Waals surface area contributed by atoms with Crippen LogP contribution in [0.5, 0.6) is 0 Å². The Balaban J connectivity index is 4.04. The third-order valence-corrected chi connectivity index (χ3v) is 1.28. The number of hydrogen-bond donors (Lipinski definition) is 0. The predicted molar refractivity (Wildman–Crippen MR) is 37.5 cm³/mol. The molecule has 0 spiro atoms. The zero-order chi connectivity index (χ0) is 7.44. The Kier molecular flexibility index (Phi) is 2.91. The van der Waals surface area contributed by atoms with E-state index < -0.39 is 0 Å². The van der Waals surface area contributed by atoms with Gasteiger partial charge in [-0.1, -0.05) is 0 Å². The monoisotopic (exact) mass is 128 g/mol. The van der Waals surface area contributed by atoms with E-state index in [4.69, 9.17) is 0 Å². The number of carbonyl (C=O) groups is 1. The van der Waals surface area contributed by atoms with Crippen LogP contribution in [-0.4, -0.2) is 30.7 Å². The average Bonchev–Trinajstić information content (AvgIpc) is 1.84. The van der Waals surface area contributed by atoms with Crippen molar-refractivity contribution in [3.05, 3.63) is 0 Å². The molecule has 0 aromatic rings. The minimum absolute atomic E-state index is 0.0121. The molecular weight excluding hydrogens is 116 g/mol. The van der Waals surface area contributed by atoms with E-state index in [0.29, 0.717) is 0 Å². The SMILES string of the molecule is C/N=C(/C)N(C)C(C)=O. The van der Waals surface area contributed by atoms with Crippen LogP contribution in [-0.2, 0) is 4.79 Å². The number of amidine groups is 1. The van der Waals surface area contributed by atoms with Crippen LogP contribution in [0.4, 0.5) is 0 Å². The van der Waals surface area contributed by atoms with Crippen molar-refractivity contribution >= 4 is 11.7 Å². The number of aliphatic imine (C=N–C) groups is 1. The van der Waals surface area contributed by atoms with Crippen LogP contribution in [0, 0.1) is 0 Å². The molecule has 1 amide bonds. The Bertz CT molecular complexity index is 140. The molecule has 0 atom stereocenters. The number of rotatable bonds is 0. The minimum atomic E-state index is 0.0121. The fourth-order valence-corrected chi connectivity index (χ4v) is 0.378. The van der Waals surface area contributed by atoms with Crippen molar-refractivity contribution in [2.45, 2.75) is 13.8 Å². The van der Waals surface area contributed by atoms with Crippen LogP contribution in [0.15, 0.2) is 4.99 Å². The van der Waals surface area contributed by atoms with Gasteiger partial charge in [-0.3, -0.25) is 9.79 Å². The van der Waals surface area contributed by atoms with Crippen molar-refractivity contribution in [3.63, 3.8) is 0 Å². The molecule has 3 nitrogen and oxygen atoms in total. The second-order valence-electron chi connectivity index (χ2n) is 1.85. The molecule has 0 N–H and O–H groups in total. The van der Waals surface area contributed by atoms with Gasteiger partial charge in [0, 0.05) is 21.0 Å². The molecule has 0 saturated carbocycles. The van der Waals surface area contributed by atoms with Crippen LogP contribution in [0.3, 0.4) is 0 Å². The summed E-state index contributed by atoms with van der Waals surface area (Å²) in [5, 5.41) is 0. The van der Waals surface area contributed by atoms with Gasteiger partial charge in [0.2, 0.25) is 5.91 Å². The average molecular weight is 128 g/mol. The topological polar surface area (TPSA) is 32.7 Å². The Labute approximate surface area is 55.4 Å². The lowest BCUT2D eigenvalue weighted by Crippen LogP contribution is -2.28. The smallest absolute Gasteiger partial charge is 0.224 e. The maximum atomic E-state index is 10.6. The van der Waals surface area contributed by atoms with E-state index in [0.717, 1.165) is 5.84 Å². The van der Waals surface area contributed by atoms with Gasteiger partial charge in [-0.15, -0.1) is 0 Å².